The molecule has 0 spiro atoms. The maximum absolute atomic E-state index is 12.9. The molecule has 9 nitrogen and oxygen atoms in total. The fraction of sp³-hybridized carbons (Fsp3) is 0.455. The SMILES string of the molecule is CC(NS(=O)(=O)c1ccc(-c2sc(-c3nnc(CCC(=O)O)o3)nc2CC2CCC2)c(Cl)c1Cl)C(F)(F)F. The van der Waals surface area contributed by atoms with E-state index >= 15 is 0 Å². The number of sulfonamides is 1. The van der Waals surface area contributed by atoms with Crippen LogP contribution >= 0.6 is 34.5 Å². The Labute approximate surface area is 229 Å². The molecule has 38 heavy (non-hydrogen) atoms. The molecule has 1 saturated carbocycles. The van der Waals surface area contributed by atoms with Crippen LogP contribution in [-0.4, -0.2) is 46.9 Å². The molecule has 4 rings (SSSR count). The highest BCUT2D eigenvalue weighted by Crippen LogP contribution is 2.44. The van der Waals surface area contributed by atoms with Gasteiger partial charge in [-0.1, -0.05) is 48.5 Å². The van der Waals surface area contributed by atoms with Crippen LogP contribution in [0.1, 0.15) is 44.2 Å². The van der Waals surface area contributed by atoms with Crippen molar-refractivity contribution in [2.75, 3.05) is 0 Å². The molecule has 2 heterocycles. The number of hydrogen-bond acceptors (Lipinski definition) is 8. The number of alkyl halides is 3. The summed E-state index contributed by atoms with van der Waals surface area (Å²) < 4.78 is 71.2. The Morgan fingerprint density at radius 3 is 2.58 bits per heavy atom. The lowest BCUT2D eigenvalue weighted by atomic mass is 9.82. The average molecular weight is 613 g/mol. The zero-order chi connectivity index (χ0) is 27.8. The van der Waals surface area contributed by atoms with Gasteiger partial charge in [-0.3, -0.25) is 4.79 Å². The number of aliphatic carboxylic acids is 1. The zero-order valence-electron chi connectivity index (χ0n) is 19.7. The lowest BCUT2D eigenvalue weighted by Gasteiger charge is -2.24. The molecule has 2 aromatic heterocycles. The molecule has 206 valence electrons. The fourth-order valence-electron chi connectivity index (χ4n) is 3.69. The molecule has 0 bridgehead atoms. The van der Waals surface area contributed by atoms with Crippen molar-refractivity contribution in [1.29, 1.82) is 0 Å². The molecule has 0 radical (unpaired) electrons. The summed E-state index contributed by atoms with van der Waals surface area (Å²) >= 11 is 13.9. The summed E-state index contributed by atoms with van der Waals surface area (Å²) in [7, 11) is -4.64. The molecular weight excluding hydrogens is 592 g/mol. The molecule has 1 unspecified atom stereocenters. The number of carboxylic acid groups (broad SMARTS) is 1. The number of aryl methyl sites for hydroxylation is 1. The van der Waals surface area contributed by atoms with Gasteiger partial charge in [-0.15, -0.1) is 21.5 Å². The van der Waals surface area contributed by atoms with Gasteiger partial charge in [0.15, 0.2) is 5.01 Å². The van der Waals surface area contributed by atoms with E-state index in [1.165, 1.54) is 6.07 Å². The van der Waals surface area contributed by atoms with Crippen LogP contribution in [0.4, 0.5) is 13.2 Å². The summed E-state index contributed by atoms with van der Waals surface area (Å²) in [5.41, 5.74) is 1.00. The minimum Gasteiger partial charge on any atom is -0.481 e. The molecule has 3 aromatic rings. The minimum atomic E-state index is -4.79. The van der Waals surface area contributed by atoms with E-state index < -0.39 is 38.1 Å². The zero-order valence-corrected chi connectivity index (χ0v) is 22.8. The maximum atomic E-state index is 12.9. The Balaban J connectivity index is 1.70. The number of benzene rings is 1. The van der Waals surface area contributed by atoms with E-state index in [2.05, 4.69) is 15.2 Å². The third kappa shape index (κ3) is 6.30. The quantitative estimate of drug-likeness (QED) is 0.295. The van der Waals surface area contributed by atoms with Gasteiger partial charge in [-0.25, -0.2) is 13.4 Å². The Hall–Kier alpha value is -2.26. The Kier molecular flexibility index (Phi) is 8.38. The topological polar surface area (TPSA) is 135 Å². The molecule has 1 atom stereocenters. The highest BCUT2D eigenvalue weighted by atomic mass is 35.5. The molecule has 2 N–H and O–H groups in total. The van der Waals surface area contributed by atoms with Gasteiger partial charge >= 0.3 is 12.1 Å². The van der Waals surface area contributed by atoms with Crippen molar-refractivity contribution < 1.29 is 35.9 Å². The van der Waals surface area contributed by atoms with Gasteiger partial charge in [-0.05, 0) is 25.3 Å². The average Bonchev–Trinajstić information content (AvgIpc) is 3.42. The summed E-state index contributed by atoms with van der Waals surface area (Å²) in [4.78, 5) is 15.4. The van der Waals surface area contributed by atoms with E-state index in [0.717, 1.165) is 36.7 Å². The van der Waals surface area contributed by atoms with E-state index in [1.807, 2.05) is 0 Å². The Morgan fingerprint density at radius 2 is 1.97 bits per heavy atom. The molecule has 1 aliphatic carbocycles. The molecule has 1 aliphatic rings. The van der Waals surface area contributed by atoms with Crippen molar-refractivity contribution in [2.24, 2.45) is 5.92 Å². The number of aromatic nitrogens is 3. The molecule has 0 amide bonds. The van der Waals surface area contributed by atoms with Crippen molar-refractivity contribution in [1.82, 2.24) is 19.9 Å². The normalized spacial score (nSPS) is 15.4. The van der Waals surface area contributed by atoms with Crippen LogP contribution in [0.15, 0.2) is 21.4 Å². The monoisotopic (exact) mass is 612 g/mol. The highest BCUT2D eigenvalue weighted by molar-refractivity contribution is 7.89. The summed E-state index contributed by atoms with van der Waals surface area (Å²) in [6, 6.07) is 0.127. The first kappa shape index (κ1) is 28.7. The number of nitrogens with one attached hydrogen (secondary N) is 1. The van der Waals surface area contributed by atoms with Crippen molar-refractivity contribution in [3.8, 4) is 21.3 Å². The van der Waals surface area contributed by atoms with E-state index in [9.17, 15) is 26.4 Å². The number of carbonyl (C=O) groups is 1. The standard InChI is InChI=1S/C22H21Cl2F3N4O5S2/c1-10(22(25,26)27)31-38(34,35)14-6-5-12(17(23)18(14)24)19-13(9-11-3-2-4-11)28-21(37-19)20-30-29-15(36-20)7-8-16(32)33/h5-6,10-11,31H,2-4,7-9H2,1H3,(H,32,33). The van der Waals surface area contributed by atoms with Gasteiger partial charge in [-0.2, -0.15) is 17.9 Å². The van der Waals surface area contributed by atoms with Crippen LogP contribution in [0, 0.1) is 5.92 Å². The molecular formula is C22H21Cl2F3N4O5S2. The van der Waals surface area contributed by atoms with Crippen molar-refractivity contribution in [2.45, 2.75) is 62.6 Å². The molecule has 0 saturated heterocycles. The smallest absolute Gasteiger partial charge is 0.404 e. The third-order valence-corrected chi connectivity index (χ3v) is 9.71. The second-order valence-corrected chi connectivity index (χ2v) is 12.3. The summed E-state index contributed by atoms with van der Waals surface area (Å²) in [5, 5.41) is 16.4. The lowest BCUT2D eigenvalue weighted by molar-refractivity contribution is -0.147. The van der Waals surface area contributed by atoms with Gasteiger partial charge in [0.1, 0.15) is 10.9 Å². The van der Waals surface area contributed by atoms with E-state index in [-0.39, 0.29) is 29.6 Å². The van der Waals surface area contributed by atoms with Crippen molar-refractivity contribution >= 4 is 50.5 Å². The van der Waals surface area contributed by atoms with Crippen LogP contribution in [0.3, 0.4) is 0 Å². The van der Waals surface area contributed by atoms with Crippen LogP contribution in [0.5, 0.6) is 0 Å². The Morgan fingerprint density at radius 1 is 1.26 bits per heavy atom. The first-order chi connectivity index (χ1) is 17.8. The van der Waals surface area contributed by atoms with E-state index in [4.69, 9.17) is 32.7 Å². The van der Waals surface area contributed by atoms with Crippen LogP contribution in [0.25, 0.3) is 21.3 Å². The molecule has 1 aromatic carbocycles. The molecule has 0 aliphatic heterocycles. The summed E-state index contributed by atoms with van der Waals surface area (Å²) in [6.07, 6.45) is -1.20. The first-order valence-electron chi connectivity index (χ1n) is 11.4. The largest absolute Gasteiger partial charge is 0.481 e. The van der Waals surface area contributed by atoms with Crippen molar-refractivity contribution in [3.05, 3.63) is 33.8 Å². The van der Waals surface area contributed by atoms with Crippen LogP contribution in [-0.2, 0) is 27.7 Å². The second-order valence-electron chi connectivity index (χ2n) is 8.81. The third-order valence-electron chi connectivity index (χ3n) is 6.01. The highest BCUT2D eigenvalue weighted by Gasteiger charge is 2.39. The number of thiazole rings is 1. The Bertz CT molecular complexity index is 1460. The fourth-order valence-corrected chi connectivity index (χ4v) is 6.89. The summed E-state index contributed by atoms with van der Waals surface area (Å²) in [6.45, 7) is 0.678. The number of hydrogen-bond donors (Lipinski definition) is 2. The van der Waals surface area contributed by atoms with Gasteiger partial charge in [0.2, 0.25) is 15.9 Å². The molecule has 1 fully saturated rings. The van der Waals surface area contributed by atoms with Gasteiger partial charge in [0, 0.05) is 12.0 Å². The van der Waals surface area contributed by atoms with Gasteiger partial charge < -0.3 is 9.52 Å². The number of nitrogens with zero attached hydrogens (tertiary/aromatic N) is 3. The number of halogens is 5. The van der Waals surface area contributed by atoms with E-state index in [1.54, 1.807) is 4.72 Å². The first-order valence-corrected chi connectivity index (χ1v) is 14.4. The maximum Gasteiger partial charge on any atom is 0.404 e. The van der Waals surface area contributed by atoms with Gasteiger partial charge in [0.25, 0.3) is 5.89 Å². The predicted octanol–water partition coefficient (Wildman–Crippen LogP) is 5.76. The molecule has 16 heteroatoms. The van der Waals surface area contributed by atoms with Crippen molar-refractivity contribution in [3.63, 3.8) is 0 Å². The number of rotatable bonds is 10. The summed E-state index contributed by atoms with van der Waals surface area (Å²) in [5.74, 6) is -0.400. The van der Waals surface area contributed by atoms with E-state index in [0.29, 0.717) is 40.4 Å². The van der Waals surface area contributed by atoms with Crippen LogP contribution in [0.2, 0.25) is 10.0 Å². The minimum absolute atomic E-state index is 0.0495. The lowest BCUT2D eigenvalue weighted by Crippen LogP contribution is -2.43. The second kappa shape index (κ2) is 11.1. The van der Waals surface area contributed by atoms with Crippen LogP contribution < -0.4 is 4.72 Å². The predicted molar refractivity (Wildman–Crippen MR) is 134 cm³/mol. The van der Waals surface area contributed by atoms with Gasteiger partial charge in [0.05, 0.1) is 27.0 Å². The number of carboxylic acids is 1.